The summed E-state index contributed by atoms with van der Waals surface area (Å²) in [5, 5.41) is 8.87. The van der Waals surface area contributed by atoms with Gasteiger partial charge in [0.1, 0.15) is 5.82 Å². The molecule has 0 spiro atoms. The molecule has 3 N–H and O–H groups in total. The number of benzene rings is 1. The van der Waals surface area contributed by atoms with Crippen LogP contribution in [0.25, 0.3) is 5.69 Å². The smallest absolute Gasteiger partial charge is 0.257 e. The van der Waals surface area contributed by atoms with E-state index in [1.807, 2.05) is 12.1 Å². The lowest BCUT2D eigenvalue weighted by Gasteiger charge is -2.08. The largest absolute Gasteiger partial charge is 0.399 e. The van der Waals surface area contributed by atoms with Crippen LogP contribution in [0.1, 0.15) is 10.4 Å². The maximum absolute atomic E-state index is 12.2. The van der Waals surface area contributed by atoms with Crippen molar-refractivity contribution in [1.29, 1.82) is 0 Å². The monoisotopic (exact) mass is 362 g/mol. The van der Waals surface area contributed by atoms with Gasteiger partial charge in [0.15, 0.2) is 0 Å². The topological polar surface area (TPSA) is 72.9 Å². The molecule has 3 rings (SSSR count). The van der Waals surface area contributed by atoms with Gasteiger partial charge in [-0.2, -0.15) is 5.10 Å². The van der Waals surface area contributed by atoms with Crippen LogP contribution in [-0.4, -0.2) is 15.7 Å². The van der Waals surface area contributed by atoms with E-state index in [1.165, 1.54) is 11.3 Å². The van der Waals surface area contributed by atoms with Gasteiger partial charge in [-0.1, -0.05) is 0 Å². The second-order valence-corrected chi connectivity index (χ2v) is 6.60. The molecule has 0 saturated heterocycles. The van der Waals surface area contributed by atoms with Gasteiger partial charge in [0.05, 0.1) is 21.2 Å². The third kappa shape index (κ3) is 2.98. The van der Waals surface area contributed by atoms with Crippen LogP contribution < -0.4 is 11.1 Å². The number of nitrogen functional groups attached to an aromatic ring is 1. The van der Waals surface area contributed by atoms with Crippen LogP contribution in [0.15, 0.2) is 51.8 Å². The van der Waals surface area contributed by atoms with Gasteiger partial charge in [-0.25, -0.2) is 4.68 Å². The molecule has 7 heteroatoms. The Bertz CT molecular complexity index is 778. The first-order valence-electron chi connectivity index (χ1n) is 6.09. The number of aromatic nitrogens is 2. The van der Waals surface area contributed by atoms with Gasteiger partial charge in [0.2, 0.25) is 0 Å². The predicted molar refractivity (Wildman–Crippen MR) is 87.9 cm³/mol. The molecule has 21 heavy (non-hydrogen) atoms. The standard InChI is InChI=1S/C14H11BrN4OS/c15-12-7-9(8-21-12)14(20)18-13-5-6-17-19(13)11-3-1-10(16)2-4-11/h1-8H,16H2,(H,18,20). The van der Waals surface area contributed by atoms with E-state index >= 15 is 0 Å². The summed E-state index contributed by atoms with van der Waals surface area (Å²) in [7, 11) is 0. The Morgan fingerprint density at radius 1 is 1.29 bits per heavy atom. The molecule has 0 atom stereocenters. The number of carbonyl (C=O) groups is 1. The molecule has 0 aliphatic rings. The first kappa shape index (κ1) is 13.8. The number of thiophene rings is 1. The molecule has 0 aliphatic heterocycles. The van der Waals surface area contributed by atoms with Gasteiger partial charge < -0.3 is 11.1 Å². The summed E-state index contributed by atoms with van der Waals surface area (Å²) < 4.78 is 2.57. The van der Waals surface area contributed by atoms with E-state index in [0.29, 0.717) is 17.1 Å². The van der Waals surface area contributed by atoms with E-state index in [2.05, 4.69) is 26.3 Å². The molecule has 0 saturated carbocycles. The highest BCUT2D eigenvalue weighted by atomic mass is 79.9. The predicted octanol–water partition coefficient (Wildman–Crippen LogP) is 3.53. The molecular weight excluding hydrogens is 352 g/mol. The zero-order chi connectivity index (χ0) is 14.8. The SMILES string of the molecule is Nc1ccc(-n2nccc2NC(=O)c2csc(Br)c2)cc1. The Morgan fingerprint density at radius 3 is 2.71 bits per heavy atom. The minimum absolute atomic E-state index is 0.172. The van der Waals surface area contributed by atoms with Crippen LogP contribution >= 0.6 is 27.3 Å². The fraction of sp³-hybridized carbons (Fsp3) is 0. The number of anilines is 2. The Kier molecular flexibility index (Phi) is 3.76. The summed E-state index contributed by atoms with van der Waals surface area (Å²) in [5.41, 5.74) is 7.79. The van der Waals surface area contributed by atoms with Crippen LogP contribution in [0.2, 0.25) is 0 Å². The van der Waals surface area contributed by atoms with Crippen molar-refractivity contribution in [3.63, 3.8) is 0 Å². The van der Waals surface area contributed by atoms with E-state index in [9.17, 15) is 4.79 Å². The van der Waals surface area contributed by atoms with E-state index in [-0.39, 0.29) is 5.91 Å². The summed E-state index contributed by atoms with van der Waals surface area (Å²) in [4.78, 5) is 12.2. The summed E-state index contributed by atoms with van der Waals surface area (Å²) in [6.07, 6.45) is 1.63. The zero-order valence-electron chi connectivity index (χ0n) is 10.8. The maximum Gasteiger partial charge on any atom is 0.257 e. The number of amides is 1. The Hall–Kier alpha value is -2.12. The van der Waals surface area contributed by atoms with Crippen molar-refractivity contribution in [1.82, 2.24) is 9.78 Å². The Labute approximate surface area is 133 Å². The minimum atomic E-state index is -0.172. The maximum atomic E-state index is 12.2. The van der Waals surface area contributed by atoms with Crippen molar-refractivity contribution in [2.45, 2.75) is 0 Å². The van der Waals surface area contributed by atoms with Crippen LogP contribution in [-0.2, 0) is 0 Å². The van der Waals surface area contributed by atoms with Gasteiger partial charge in [-0.3, -0.25) is 4.79 Å². The molecule has 5 nitrogen and oxygen atoms in total. The van der Waals surface area contributed by atoms with E-state index in [4.69, 9.17) is 5.73 Å². The second kappa shape index (κ2) is 5.71. The van der Waals surface area contributed by atoms with Crippen LogP contribution in [0.4, 0.5) is 11.5 Å². The third-order valence-electron chi connectivity index (χ3n) is 2.85. The number of hydrogen-bond donors (Lipinski definition) is 2. The van der Waals surface area contributed by atoms with Crippen molar-refractivity contribution in [2.24, 2.45) is 0 Å². The highest BCUT2D eigenvalue weighted by Crippen LogP contribution is 2.22. The molecule has 106 valence electrons. The van der Waals surface area contributed by atoms with Crippen molar-refractivity contribution in [3.05, 3.63) is 57.3 Å². The molecule has 0 fully saturated rings. The van der Waals surface area contributed by atoms with E-state index < -0.39 is 0 Å². The molecule has 2 aromatic heterocycles. The summed E-state index contributed by atoms with van der Waals surface area (Å²) in [6, 6.07) is 10.8. The number of nitrogens with zero attached hydrogens (tertiary/aromatic N) is 2. The van der Waals surface area contributed by atoms with Gasteiger partial charge in [-0.05, 0) is 46.3 Å². The number of hydrogen-bond acceptors (Lipinski definition) is 4. The molecule has 3 aromatic rings. The van der Waals surface area contributed by atoms with E-state index in [1.54, 1.807) is 40.5 Å². The van der Waals surface area contributed by atoms with Crippen LogP contribution in [0.3, 0.4) is 0 Å². The quantitative estimate of drug-likeness (QED) is 0.700. The normalized spacial score (nSPS) is 10.5. The minimum Gasteiger partial charge on any atom is -0.399 e. The number of rotatable bonds is 3. The fourth-order valence-corrected chi connectivity index (χ4v) is 2.97. The number of nitrogens with two attached hydrogens (primary N) is 1. The van der Waals surface area contributed by atoms with Crippen molar-refractivity contribution < 1.29 is 4.79 Å². The Morgan fingerprint density at radius 2 is 2.05 bits per heavy atom. The lowest BCUT2D eigenvalue weighted by atomic mass is 10.3. The van der Waals surface area contributed by atoms with Crippen LogP contribution in [0, 0.1) is 0 Å². The summed E-state index contributed by atoms with van der Waals surface area (Å²) in [5.74, 6) is 0.432. The van der Waals surface area contributed by atoms with Crippen molar-refractivity contribution in [3.8, 4) is 5.69 Å². The van der Waals surface area contributed by atoms with Gasteiger partial charge in [0.25, 0.3) is 5.91 Å². The molecule has 0 radical (unpaired) electrons. The third-order valence-corrected chi connectivity index (χ3v) is 4.36. The molecule has 1 aromatic carbocycles. The number of carbonyl (C=O) groups excluding carboxylic acids is 1. The first-order chi connectivity index (χ1) is 10.1. The highest BCUT2D eigenvalue weighted by molar-refractivity contribution is 9.11. The highest BCUT2D eigenvalue weighted by Gasteiger charge is 2.12. The lowest BCUT2D eigenvalue weighted by Crippen LogP contribution is -2.14. The molecule has 0 aliphatic carbocycles. The van der Waals surface area contributed by atoms with Crippen LogP contribution in [0.5, 0.6) is 0 Å². The summed E-state index contributed by atoms with van der Waals surface area (Å²) in [6.45, 7) is 0. The van der Waals surface area contributed by atoms with Gasteiger partial charge in [0, 0.05) is 17.1 Å². The van der Waals surface area contributed by atoms with Gasteiger partial charge >= 0.3 is 0 Å². The molecule has 0 bridgehead atoms. The fourth-order valence-electron chi connectivity index (χ4n) is 1.84. The molecular formula is C14H11BrN4OS. The number of nitrogens with one attached hydrogen (secondary N) is 1. The average Bonchev–Trinajstić information content (AvgIpc) is 3.09. The van der Waals surface area contributed by atoms with E-state index in [0.717, 1.165) is 9.47 Å². The van der Waals surface area contributed by atoms with Crippen molar-refractivity contribution >= 4 is 44.7 Å². The van der Waals surface area contributed by atoms with Gasteiger partial charge in [-0.15, -0.1) is 11.3 Å². The number of halogens is 1. The summed E-state index contributed by atoms with van der Waals surface area (Å²) >= 11 is 4.81. The average molecular weight is 363 g/mol. The first-order valence-corrected chi connectivity index (χ1v) is 7.76. The molecule has 1 amide bonds. The molecule has 0 unspecified atom stereocenters. The van der Waals surface area contributed by atoms with Crippen molar-refractivity contribution in [2.75, 3.05) is 11.1 Å². The second-order valence-electron chi connectivity index (χ2n) is 4.31. The molecule has 2 heterocycles. The zero-order valence-corrected chi connectivity index (χ0v) is 13.2. The lowest BCUT2D eigenvalue weighted by molar-refractivity contribution is 0.102. The Balaban J connectivity index is 1.86.